The van der Waals surface area contributed by atoms with Crippen molar-refractivity contribution in [1.29, 1.82) is 0 Å². The van der Waals surface area contributed by atoms with Crippen molar-refractivity contribution < 1.29 is 4.74 Å². The fourth-order valence-electron chi connectivity index (χ4n) is 4.37. The number of nitrogens with zero attached hydrogens (tertiary/aromatic N) is 2. The molecule has 0 aromatic carbocycles. The zero-order chi connectivity index (χ0) is 14.4. The molecular formula is C16H27N3O. The Morgan fingerprint density at radius 1 is 1.45 bits per heavy atom. The molecule has 2 saturated carbocycles. The van der Waals surface area contributed by atoms with Crippen LogP contribution in [-0.4, -0.2) is 29.5 Å². The Balaban J connectivity index is 1.69. The van der Waals surface area contributed by atoms with Gasteiger partial charge in [0.15, 0.2) is 0 Å². The van der Waals surface area contributed by atoms with Gasteiger partial charge in [-0.2, -0.15) is 5.10 Å². The molecule has 2 fully saturated rings. The number of anilines is 1. The number of hydrogen-bond acceptors (Lipinski definition) is 3. The topological polar surface area (TPSA) is 39.1 Å². The zero-order valence-electron chi connectivity index (χ0n) is 13.1. The molecule has 112 valence electrons. The maximum atomic E-state index is 5.09. The first-order chi connectivity index (χ1) is 9.47. The van der Waals surface area contributed by atoms with Crippen LogP contribution in [0, 0.1) is 16.7 Å². The Morgan fingerprint density at radius 2 is 2.25 bits per heavy atom. The van der Waals surface area contributed by atoms with E-state index in [1.807, 2.05) is 10.9 Å². The molecule has 2 bridgehead atoms. The van der Waals surface area contributed by atoms with Crippen LogP contribution in [0.5, 0.6) is 0 Å². The molecule has 3 unspecified atom stereocenters. The summed E-state index contributed by atoms with van der Waals surface area (Å²) < 4.78 is 7.04. The van der Waals surface area contributed by atoms with Gasteiger partial charge in [-0.3, -0.25) is 4.68 Å². The summed E-state index contributed by atoms with van der Waals surface area (Å²) in [5, 5.41) is 8.13. The second-order valence-electron chi connectivity index (χ2n) is 7.29. The van der Waals surface area contributed by atoms with E-state index >= 15 is 0 Å². The smallest absolute Gasteiger partial charge is 0.0728 e. The summed E-state index contributed by atoms with van der Waals surface area (Å²) in [5.74, 6) is 0.869. The number of methoxy groups -OCH3 is 1. The second-order valence-corrected chi connectivity index (χ2v) is 7.29. The van der Waals surface area contributed by atoms with Crippen molar-refractivity contribution in [3.05, 3.63) is 12.4 Å². The van der Waals surface area contributed by atoms with Crippen LogP contribution in [-0.2, 0) is 11.3 Å². The Kier molecular flexibility index (Phi) is 3.32. The summed E-state index contributed by atoms with van der Waals surface area (Å²) >= 11 is 0. The van der Waals surface area contributed by atoms with Crippen LogP contribution in [0.3, 0.4) is 0 Å². The number of fused-ring (bicyclic) bond motifs is 2. The van der Waals surface area contributed by atoms with E-state index in [2.05, 4.69) is 37.4 Å². The van der Waals surface area contributed by atoms with Gasteiger partial charge in [-0.15, -0.1) is 0 Å². The predicted octanol–water partition coefficient (Wildman–Crippen LogP) is 3.16. The van der Waals surface area contributed by atoms with Gasteiger partial charge in [0.05, 0.1) is 25.0 Å². The molecule has 1 aromatic rings. The van der Waals surface area contributed by atoms with Gasteiger partial charge >= 0.3 is 0 Å². The van der Waals surface area contributed by atoms with Crippen LogP contribution >= 0.6 is 0 Å². The van der Waals surface area contributed by atoms with Gasteiger partial charge in [0.2, 0.25) is 0 Å². The van der Waals surface area contributed by atoms with Gasteiger partial charge in [-0.05, 0) is 36.0 Å². The molecule has 1 N–H and O–H groups in total. The normalized spacial score (nSPS) is 34.6. The number of aromatic nitrogens is 2. The lowest BCUT2D eigenvalue weighted by Gasteiger charge is -2.39. The van der Waals surface area contributed by atoms with Crippen molar-refractivity contribution in [2.45, 2.75) is 52.6 Å². The molecule has 2 aliphatic rings. The lowest BCUT2D eigenvalue weighted by Crippen LogP contribution is -2.40. The number of nitrogens with one attached hydrogen (secondary N) is 1. The van der Waals surface area contributed by atoms with Crippen LogP contribution in [0.25, 0.3) is 0 Å². The third-order valence-corrected chi connectivity index (χ3v) is 6.29. The molecule has 2 aliphatic carbocycles. The fraction of sp³-hybridized carbons (Fsp3) is 0.812. The molecule has 3 atom stereocenters. The average molecular weight is 277 g/mol. The first-order valence-electron chi connectivity index (χ1n) is 7.75. The van der Waals surface area contributed by atoms with E-state index in [0.29, 0.717) is 23.5 Å². The van der Waals surface area contributed by atoms with Crippen LogP contribution in [0.1, 0.15) is 40.0 Å². The minimum Gasteiger partial charge on any atom is -0.383 e. The maximum absolute atomic E-state index is 5.09. The average Bonchev–Trinajstić information content (AvgIpc) is 2.99. The highest BCUT2D eigenvalue weighted by Crippen LogP contribution is 2.65. The summed E-state index contributed by atoms with van der Waals surface area (Å²) in [4.78, 5) is 0. The van der Waals surface area contributed by atoms with Gasteiger partial charge in [-0.1, -0.05) is 20.8 Å². The molecule has 4 heteroatoms. The van der Waals surface area contributed by atoms with E-state index in [4.69, 9.17) is 4.74 Å². The van der Waals surface area contributed by atoms with Gasteiger partial charge in [0.1, 0.15) is 0 Å². The number of ether oxygens (including phenoxy) is 1. The van der Waals surface area contributed by atoms with Crippen LogP contribution in [0.15, 0.2) is 12.4 Å². The fourth-order valence-corrected chi connectivity index (χ4v) is 4.37. The van der Waals surface area contributed by atoms with Gasteiger partial charge in [0, 0.05) is 19.3 Å². The Bertz CT molecular complexity index is 482. The van der Waals surface area contributed by atoms with Crippen molar-refractivity contribution in [1.82, 2.24) is 9.78 Å². The predicted molar refractivity (Wildman–Crippen MR) is 80.7 cm³/mol. The molecule has 0 amide bonds. The van der Waals surface area contributed by atoms with Crippen molar-refractivity contribution in [3.63, 3.8) is 0 Å². The molecule has 0 saturated heterocycles. The van der Waals surface area contributed by atoms with E-state index in [-0.39, 0.29) is 0 Å². The van der Waals surface area contributed by atoms with Crippen molar-refractivity contribution in [2.75, 3.05) is 19.0 Å². The SMILES string of the molecule is COCCn1cc(NC2CC3CCC2(C)C3(C)C)cn1. The molecule has 4 nitrogen and oxygen atoms in total. The molecule has 1 heterocycles. The summed E-state index contributed by atoms with van der Waals surface area (Å²) in [7, 11) is 1.72. The van der Waals surface area contributed by atoms with Gasteiger partial charge < -0.3 is 10.1 Å². The molecule has 20 heavy (non-hydrogen) atoms. The molecular weight excluding hydrogens is 250 g/mol. The largest absolute Gasteiger partial charge is 0.383 e. The minimum absolute atomic E-state index is 0.409. The highest BCUT2D eigenvalue weighted by atomic mass is 16.5. The second kappa shape index (κ2) is 4.76. The van der Waals surface area contributed by atoms with Crippen molar-refractivity contribution in [3.8, 4) is 0 Å². The van der Waals surface area contributed by atoms with Crippen LogP contribution < -0.4 is 5.32 Å². The standard InChI is InChI=1S/C16H27N3O/c1-15(2)12-5-6-16(15,3)14(9-12)18-13-10-17-19(11-13)7-8-20-4/h10-12,14,18H,5-9H2,1-4H3. The number of rotatable bonds is 5. The van der Waals surface area contributed by atoms with E-state index in [0.717, 1.165) is 18.2 Å². The van der Waals surface area contributed by atoms with Crippen LogP contribution in [0.4, 0.5) is 5.69 Å². The van der Waals surface area contributed by atoms with Gasteiger partial charge in [0.25, 0.3) is 0 Å². The Morgan fingerprint density at radius 3 is 2.85 bits per heavy atom. The highest BCUT2D eigenvalue weighted by molar-refractivity contribution is 5.41. The summed E-state index contributed by atoms with van der Waals surface area (Å²) in [6, 6.07) is 0.580. The lowest BCUT2D eigenvalue weighted by atomic mass is 9.69. The summed E-state index contributed by atoms with van der Waals surface area (Å²) in [6.07, 6.45) is 8.08. The molecule has 0 spiro atoms. The van der Waals surface area contributed by atoms with E-state index in [1.54, 1.807) is 7.11 Å². The summed E-state index contributed by atoms with van der Waals surface area (Å²) in [5.41, 5.74) is 2.01. The first-order valence-corrected chi connectivity index (χ1v) is 7.75. The van der Waals surface area contributed by atoms with Gasteiger partial charge in [-0.25, -0.2) is 0 Å². The molecule has 0 aliphatic heterocycles. The Labute approximate surface area is 121 Å². The zero-order valence-corrected chi connectivity index (χ0v) is 13.1. The van der Waals surface area contributed by atoms with E-state index in [1.165, 1.54) is 19.3 Å². The first kappa shape index (κ1) is 13.9. The third-order valence-electron chi connectivity index (χ3n) is 6.29. The van der Waals surface area contributed by atoms with E-state index in [9.17, 15) is 0 Å². The molecule has 0 radical (unpaired) electrons. The van der Waals surface area contributed by atoms with Crippen molar-refractivity contribution in [2.24, 2.45) is 16.7 Å². The lowest BCUT2D eigenvalue weighted by molar-refractivity contribution is 0.142. The van der Waals surface area contributed by atoms with Crippen molar-refractivity contribution >= 4 is 5.69 Å². The maximum Gasteiger partial charge on any atom is 0.0728 e. The molecule has 3 rings (SSSR count). The quantitative estimate of drug-likeness (QED) is 0.898. The number of hydrogen-bond donors (Lipinski definition) is 1. The van der Waals surface area contributed by atoms with Crippen LogP contribution in [0.2, 0.25) is 0 Å². The highest BCUT2D eigenvalue weighted by Gasteiger charge is 2.61. The summed E-state index contributed by atoms with van der Waals surface area (Å²) in [6.45, 7) is 8.89. The minimum atomic E-state index is 0.409. The molecule has 1 aromatic heterocycles. The van der Waals surface area contributed by atoms with E-state index < -0.39 is 0 Å². The monoisotopic (exact) mass is 277 g/mol. The third kappa shape index (κ3) is 1.96. The Hall–Kier alpha value is -1.03.